The van der Waals surface area contributed by atoms with Crippen LogP contribution in [0.3, 0.4) is 0 Å². The molecule has 50 heavy (non-hydrogen) atoms. The third kappa shape index (κ3) is 5.79. The minimum Gasteiger partial charge on any atom is -0.323 e. The number of rotatable bonds is 4. The van der Waals surface area contributed by atoms with E-state index < -0.39 is 0 Å². The van der Waals surface area contributed by atoms with Crippen molar-refractivity contribution in [1.82, 2.24) is 0 Å². The normalized spacial score (nSPS) is 14.1. The van der Waals surface area contributed by atoms with Crippen LogP contribution in [0.2, 0.25) is 0 Å². The molecule has 0 unspecified atom stereocenters. The van der Waals surface area contributed by atoms with Gasteiger partial charge in [0.05, 0.1) is 11.4 Å². The molecule has 0 saturated heterocycles. The predicted octanol–water partition coefficient (Wildman–Crippen LogP) is 13.0. The van der Waals surface area contributed by atoms with Crippen molar-refractivity contribution >= 4 is 11.4 Å². The number of allylic oxidation sites excluding steroid dienone is 6. The Bertz CT molecular complexity index is 2000. The second-order valence-electron chi connectivity index (χ2n) is 14.9. The van der Waals surface area contributed by atoms with E-state index in [1.54, 1.807) is 0 Å². The summed E-state index contributed by atoms with van der Waals surface area (Å²) in [6.07, 6.45) is 17.9. The van der Waals surface area contributed by atoms with Gasteiger partial charge < -0.3 is 9.80 Å². The monoisotopic (exact) mass is 658 g/mol. The summed E-state index contributed by atoms with van der Waals surface area (Å²) in [5.41, 5.74) is 29.2. The van der Waals surface area contributed by atoms with Crippen LogP contribution < -0.4 is 9.80 Å². The minimum absolute atomic E-state index is 1.20. The maximum Gasteiger partial charge on any atom is 0.0557 e. The molecule has 2 heteroatoms. The molecule has 0 N–H and O–H groups in total. The number of hydrogen-bond donors (Lipinski definition) is 0. The molecule has 256 valence electrons. The zero-order valence-electron chi connectivity index (χ0n) is 32.8. The highest BCUT2D eigenvalue weighted by molar-refractivity contribution is 5.89. The van der Waals surface area contributed by atoms with E-state index >= 15 is 0 Å². The van der Waals surface area contributed by atoms with Gasteiger partial charge in [-0.25, -0.2) is 0 Å². The Hall–Kier alpha value is -4.82. The lowest BCUT2D eigenvalue weighted by Gasteiger charge is -2.29. The predicted molar refractivity (Wildman–Crippen MR) is 219 cm³/mol. The minimum atomic E-state index is 1.20. The summed E-state index contributed by atoms with van der Waals surface area (Å²) in [5.74, 6) is 0. The summed E-state index contributed by atoms with van der Waals surface area (Å²) in [4.78, 5) is 4.61. The van der Waals surface area contributed by atoms with E-state index in [9.17, 15) is 0 Å². The van der Waals surface area contributed by atoms with Gasteiger partial charge in [-0.1, -0.05) is 23.3 Å². The van der Waals surface area contributed by atoms with E-state index in [1.165, 1.54) is 123 Å². The molecular weight excluding hydrogens is 605 g/mol. The zero-order valence-corrected chi connectivity index (χ0v) is 32.8. The molecule has 0 radical (unpaired) electrons. The third-order valence-electron chi connectivity index (χ3n) is 11.9. The molecule has 0 bridgehead atoms. The number of nitrogens with zero attached hydrogens (tertiary/aromatic N) is 2. The topological polar surface area (TPSA) is 6.48 Å². The summed E-state index contributed by atoms with van der Waals surface area (Å²) in [6, 6.07) is 9.34. The molecule has 2 aliphatic heterocycles. The number of aryl methyl sites for hydroxylation is 4. The molecule has 4 aromatic rings. The molecule has 2 aliphatic rings. The second kappa shape index (κ2) is 13.1. The quantitative estimate of drug-likeness (QED) is 0.215. The van der Waals surface area contributed by atoms with E-state index in [4.69, 9.17) is 0 Å². The van der Waals surface area contributed by atoms with Crippen LogP contribution in [0, 0.1) is 96.9 Å². The van der Waals surface area contributed by atoms with Crippen LogP contribution in [0.25, 0.3) is 22.3 Å². The Balaban J connectivity index is 1.36. The molecule has 0 spiro atoms. The first-order valence-corrected chi connectivity index (χ1v) is 18.0. The van der Waals surface area contributed by atoms with E-state index in [2.05, 4.69) is 180 Å². The van der Waals surface area contributed by atoms with Crippen LogP contribution in [0.4, 0.5) is 11.4 Å². The van der Waals surface area contributed by atoms with Crippen molar-refractivity contribution in [3.05, 3.63) is 162 Å². The van der Waals surface area contributed by atoms with Crippen LogP contribution >= 0.6 is 0 Å². The van der Waals surface area contributed by atoms with E-state index in [1.807, 2.05) is 0 Å². The van der Waals surface area contributed by atoms with Gasteiger partial charge in [-0.3, -0.25) is 0 Å². The first-order chi connectivity index (χ1) is 23.6. The molecule has 0 aliphatic carbocycles. The molecule has 2 heterocycles. The Morgan fingerprint density at radius 3 is 0.860 bits per heavy atom. The SMILES string of the molecule is Cc1cc(C)c(N2C=CC(=C3C=CN(c4c(C)cc(C)cc4-c4c(C)c(C)c(C)c(C)c4C)C=C3)C=C2)c(-c2c(C)c(C)c(C)c(C)c2C)c1. The Labute approximate surface area is 301 Å². The number of anilines is 2. The summed E-state index contributed by atoms with van der Waals surface area (Å²) >= 11 is 0. The molecular formula is C48H54N2. The summed E-state index contributed by atoms with van der Waals surface area (Å²) in [6.45, 7) is 31.6. The molecule has 0 aromatic heterocycles. The van der Waals surface area contributed by atoms with Crippen molar-refractivity contribution in [1.29, 1.82) is 0 Å². The molecule has 0 fully saturated rings. The van der Waals surface area contributed by atoms with Gasteiger partial charge in [0.15, 0.2) is 0 Å². The first kappa shape index (κ1) is 35.0. The van der Waals surface area contributed by atoms with E-state index in [0.717, 1.165) is 0 Å². The molecule has 6 rings (SSSR count). The molecule has 2 nitrogen and oxygen atoms in total. The van der Waals surface area contributed by atoms with Gasteiger partial charge in [0.2, 0.25) is 0 Å². The fraction of sp³-hybridized carbons (Fsp3) is 0.292. The van der Waals surface area contributed by atoms with Gasteiger partial charge in [-0.2, -0.15) is 0 Å². The van der Waals surface area contributed by atoms with Crippen LogP contribution in [-0.4, -0.2) is 0 Å². The Morgan fingerprint density at radius 1 is 0.320 bits per heavy atom. The van der Waals surface area contributed by atoms with Crippen LogP contribution in [0.5, 0.6) is 0 Å². The zero-order chi connectivity index (χ0) is 36.3. The van der Waals surface area contributed by atoms with Crippen molar-refractivity contribution < 1.29 is 0 Å². The molecule has 4 aromatic carbocycles. The summed E-state index contributed by atoms with van der Waals surface area (Å²) in [7, 11) is 0. The van der Waals surface area contributed by atoms with Gasteiger partial charge in [-0.15, -0.1) is 0 Å². The molecule has 0 saturated carbocycles. The van der Waals surface area contributed by atoms with Crippen molar-refractivity contribution in [2.24, 2.45) is 0 Å². The highest BCUT2D eigenvalue weighted by Crippen LogP contribution is 2.44. The molecule has 0 atom stereocenters. The highest BCUT2D eigenvalue weighted by Gasteiger charge is 2.23. The Kier molecular flexibility index (Phi) is 9.20. The second-order valence-corrected chi connectivity index (χ2v) is 14.9. The van der Waals surface area contributed by atoms with Gasteiger partial charge >= 0.3 is 0 Å². The van der Waals surface area contributed by atoms with Gasteiger partial charge in [0, 0.05) is 35.9 Å². The summed E-state index contributed by atoms with van der Waals surface area (Å²) < 4.78 is 0. The smallest absolute Gasteiger partial charge is 0.0557 e. The van der Waals surface area contributed by atoms with Gasteiger partial charge in [0.25, 0.3) is 0 Å². The average molecular weight is 659 g/mol. The van der Waals surface area contributed by atoms with Crippen molar-refractivity contribution in [3.63, 3.8) is 0 Å². The fourth-order valence-corrected chi connectivity index (χ4v) is 8.33. The van der Waals surface area contributed by atoms with Gasteiger partial charge in [-0.05, 0) is 222 Å². The maximum absolute atomic E-state index is 2.37. The number of hydrogen-bond acceptors (Lipinski definition) is 2. The lowest BCUT2D eigenvalue weighted by molar-refractivity contribution is 1.16. The first-order valence-electron chi connectivity index (χ1n) is 18.0. The Morgan fingerprint density at radius 2 is 0.580 bits per heavy atom. The van der Waals surface area contributed by atoms with E-state index in [-0.39, 0.29) is 0 Å². The van der Waals surface area contributed by atoms with Crippen LogP contribution in [0.1, 0.15) is 77.9 Å². The van der Waals surface area contributed by atoms with Gasteiger partial charge in [0.1, 0.15) is 0 Å². The third-order valence-corrected chi connectivity index (χ3v) is 11.9. The fourth-order valence-electron chi connectivity index (χ4n) is 8.33. The standard InChI is InChI=1S/C48H54N2/c1-27-23-29(3)47(43(25-27)45-37(11)33(7)31(5)34(8)38(45)12)49-19-15-41(16-20-49)42-17-21-50(22-18-42)48-30(4)24-28(2)26-44(48)46-39(13)35(9)32(6)36(10)40(46)14/h15-26H,1-14H3. The van der Waals surface area contributed by atoms with Crippen LogP contribution in [-0.2, 0) is 0 Å². The van der Waals surface area contributed by atoms with Crippen molar-refractivity contribution in [3.8, 4) is 22.3 Å². The lowest BCUT2D eigenvalue weighted by atomic mass is 9.84. The van der Waals surface area contributed by atoms with Crippen molar-refractivity contribution in [2.45, 2.75) is 96.9 Å². The lowest BCUT2D eigenvalue weighted by Crippen LogP contribution is -2.15. The summed E-state index contributed by atoms with van der Waals surface area (Å²) in [5, 5.41) is 0. The van der Waals surface area contributed by atoms with E-state index in [0.29, 0.717) is 0 Å². The average Bonchev–Trinajstić information content (AvgIpc) is 3.08. The van der Waals surface area contributed by atoms with Crippen LogP contribution in [0.15, 0.2) is 84.5 Å². The highest BCUT2D eigenvalue weighted by atomic mass is 15.1. The maximum atomic E-state index is 2.37. The molecule has 0 amide bonds. The number of benzene rings is 4. The largest absolute Gasteiger partial charge is 0.323 e. The van der Waals surface area contributed by atoms with Crippen molar-refractivity contribution in [2.75, 3.05) is 9.80 Å².